The molecule has 1 aliphatic rings. The van der Waals surface area contributed by atoms with Gasteiger partial charge in [0, 0.05) is 6.54 Å². The average molecular weight is 266 g/mol. The Bertz CT molecular complexity index is 438. The zero-order valence-electron chi connectivity index (χ0n) is 11.9. The number of rotatable bonds is 2. The molecule has 2 atom stereocenters. The van der Waals surface area contributed by atoms with Crippen molar-refractivity contribution in [1.82, 2.24) is 9.80 Å². The molecule has 1 saturated heterocycles. The van der Waals surface area contributed by atoms with E-state index in [2.05, 4.69) is 16.8 Å². The van der Waals surface area contributed by atoms with Crippen molar-refractivity contribution in [1.29, 1.82) is 0 Å². The van der Waals surface area contributed by atoms with Crippen molar-refractivity contribution in [2.24, 2.45) is 0 Å². The first-order valence-corrected chi connectivity index (χ1v) is 6.82. The van der Waals surface area contributed by atoms with E-state index >= 15 is 0 Å². The number of nitrogens with zero attached hydrogens (tertiary/aromatic N) is 2. The maximum atomic E-state index is 13.4. The van der Waals surface area contributed by atoms with E-state index in [1.807, 2.05) is 14.0 Å². The van der Waals surface area contributed by atoms with E-state index in [9.17, 15) is 9.50 Å². The van der Waals surface area contributed by atoms with Crippen LogP contribution in [-0.4, -0.2) is 54.7 Å². The molecule has 1 N–H and O–H groups in total. The van der Waals surface area contributed by atoms with E-state index in [1.54, 1.807) is 6.07 Å². The highest BCUT2D eigenvalue weighted by Crippen LogP contribution is 2.26. The van der Waals surface area contributed by atoms with Crippen molar-refractivity contribution in [2.45, 2.75) is 25.5 Å². The molecule has 3 nitrogen and oxygen atoms in total. The number of hydrogen-bond acceptors (Lipinski definition) is 3. The normalized spacial score (nSPS) is 24.2. The number of likely N-dealkylation sites (N-methyl/N-ethyl adjacent to an activating group) is 2. The second-order valence-corrected chi connectivity index (χ2v) is 5.61. The molecular weight excluding hydrogens is 243 g/mol. The van der Waals surface area contributed by atoms with Crippen LogP contribution in [0.3, 0.4) is 0 Å². The highest BCUT2D eigenvalue weighted by molar-refractivity contribution is 5.29. The Labute approximate surface area is 114 Å². The lowest BCUT2D eigenvalue weighted by molar-refractivity contribution is 0.0566. The van der Waals surface area contributed by atoms with Crippen molar-refractivity contribution < 1.29 is 9.50 Å². The van der Waals surface area contributed by atoms with Gasteiger partial charge in [0.05, 0.1) is 12.1 Å². The van der Waals surface area contributed by atoms with Crippen molar-refractivity contribution in [2.75, 3.05) is 33.7 Å². The molecule has 2 rings (SSSR count). The fourth-order valence-electron chi connectivity index (χ4n) is 2.78. The van der Waals surface area contributed by atoms with Gasteiger partial charge in [0.15, 0.2) is 0 Å². The summed E-state index contributed by atoms with van der Waals surface area (Å²) >= 11 is 0. The van der Waals surface area contributed by atoms with E-state index < -0.39 is 6.10 Å². The van der Waals surface area contributed by atoms with Gasteiger partial charge >= 0.3 is 0 Å². The Morgan fingerprint density at radius 3 is 2.79 bits per heavy atom. The number of aliphatic hydroxyl groups is 1. The molecule has 0 amide bonds. The summed E-state index contributed by atoms with van der Waals surface area (Å²) < 4.78 is 13.4. The number of aliphatic hydroxyl groups excluding tert-OH is 1. The van der Waals surface area contributed by atoms with Gasteiger partial charge in [0.2, 0.25) is 0 Å². The van der Waals surface area contributed by atoms with Crippen LogP contribution < -0.4 is 0 Å². The first-order chi connectivity index (χ1) is 8.99. The fraction of sp³-hybridized carbons (Fsp3) is 0.600. The van der Waals surface area contributed by atoms with Crippen LogP contribution in [-0.2, 0) is 0 Å². The lowest BCUT2D eigenvalue weighted by Gasteiger charge is -2.32. The predicted octanol–water partition coefficient (Wildman–Crippen LogP) is 1.80. The first kappa shape index (κ1) is 14.4. The van der Waals surface area contributed by atoms with Crippen LogP contribution in [0, 0.1) is 12.7 Å². The smallest absolute Gasteiger partial charge is 0.123 e. The van der Waals surface area contributed by atoms with E-state index in [4.69, 9.17) is 0 Å². The fourth-order valence-corrected chi connectivity index (χ4v) is 2.78. The molecule has 0 aliphatic carbocycles. The van der Waals surface area contributed by atoms with Crippen LogP contribution in [0.4, 0.5) is 4.39 Å². The molecular formula is C15H23FN2O. The standard InChI is InChI=1S/C15H23FN2O/c1-11-5-6-12(16)9-13(11)15(19)14-10-17(2)7-4-8-18(14)3/h5-6,9,14-15,19H,4,7-8,10H2,1-3H3. The molecule has 106 valence electrons. The number of benzene rings is 1. The van der Waals surface area contributed by atoms with Crippen LogP contribution in [0.15, 0.2) is 18.2 Å². The SMILES string of the molecule is Cc1ccc(F)cc1C(O)C1CN(C)CCCN1C. The van der Waals surface area contributed by atoms with Gasteiger partial charge in [-0.05, 0) is 63.8 Å². The van der Waals surface area contributed by atoms with Crippen molar-refractivity contribution in [3.63, 3.8) is 0 Å². The summed E-state index contributed by atoms with van der Waals surface area (Å²) in [6, 6.07) is 4.63. The molecule has 2 unspecified atom stereocenters. The maximum Gasteiger partial charge on any atom is 0.123 e. The summed E-state index contributed by atoms with van der Waals surface area (Å²) in [5, 5.41) is 10.6. The average Bonchev–Trinajstić information content (AvgIpc) is 2.53. The van der Waals surface area contributed by atoms with Gasteiger partial charge in [-0.3, -0.25) is 4.90 Å². The largest absolute Gasteiger partial charge is 0.387 e. The minimum atomic E-state index is -0.652. The lowest BCUT2D eigenvalue weighted by Crippen LogP contribution is -2.42. The Kier molecular flexibility index (Phi) is 4.55. The van der Waals surface area contributed by atoms with Crippen molar-refractivity contribution in [3.05, 3.63) is 35.1 Å². The molecule has 0 bridgehead atoms. The zero-order chi connectivity index (χ0) is 14.0. The molecule has 1 aliphatic heterocycles. The summed E-state index contributed by atoms with van der Waals surface area (Å²) in [6.45, 7) is 4.71. The van der Waals surface area contributed by atoms with Crippen molar-refractivity contribution in [3.8, 4) is 0 Å². The van der Waals surface area contributed by atoms with Crippen LogP contribution in [0.2, 0.25) is 0 Å². The molecule has 19 heavy (non-hydrogen) atoms. The summed E-state index contributed by atoms with van der Waals surface area (Å²) in [4.78, 5) is 4.41. The van der Waals surface area contributed by atoms with Gasteiger partial charge in [-0.2, -0.15) is 0 Å². The first-order valence-electron chi connectivity index (χ1n) is 6.82. The highest BCUT2D eigenvalue weighted by atomic mass is 19.1. The van der Waals surface area contributed by atoms with Crippen molar-refractivity contribution >= 4 is 0 Å². The van der Waals surface area contributed by atoms with Crippen LogP contribution >= 0.6 is 0 Å². The molecule has 1 heterocycles. The zero-order valence-corrected chi connectivity index (χ0v) is 11.9. The van der Waals surface area contributed by atoms with E-state index in [0.717, 1.165) is 31.6 Å². The van der Waals surface area contributed by atoms with Gasteiger partial charge in [-0.25, -0.2) is 4.39 Å². The van der Waals surface area contributed by atoms with Gasteiger partial charge < -0.3 is 10.0 Å². The molecule has 0 spiro atoms. The van der Waals surface area contributed by atoms with E-state index in [-0.39, 0.29) is 11.9 Å². The second-order valence-electron chi connectivity index (χ2n) is 5.61. The third-order valence-corrected chi connectivity index (χ3v) is 4.04. The maximum absolute atomic E-state index is 13.4. The van der Waals surface area contributed by atoms with Gasteiger partial charge in [0.25, 0.3) is 0 Å². The molecule has 0 aromatic heterocycles. The van der Waals surface area contributed by atoms with Crippen LogP contribution in [0.1, 0.15) is 23.7 Å². The minimum Gasteiger partial charge on any atom is -0.387 e. The third kappa shape index (κ3) is 3.32. The topological polar surface area (TPSA) is 26.7 Å². The number of halogens is 1. The van der Waals surface area contributed by atoms with E-state index in [1.165, 1.54) is 12.1 Å². The monoisotopic (exact) mass is 266 g/mol. The molecule has 1 aromatic rings. The molecule has 1 aromatic carbocycles. The van der Waals surface area contributed by atoms with Gasteiger partial charge in [-0.15, -0.1) is 0 Å². The second kappa shape index (κ2) is 5.99. The molecule has 0 saturated carbocycles. The van der Waals surface area contributed by atoms with E-state index in [0.29, 0.717) is 5.56 Å². The third-order valence-electron chi connectivity index (χ3n) is 4.04. The molecule has 4 heteroatoms. The summed E-state index contributed by atoms with van der Waals surface area (Å²) in [7, 11) is 4.10. The van der Waals surface area contributed by atoms with Gasteiger partial charge in [0.1, 0.15) is 5.82 Å². The Hall–Kier alpha value is -0.970. The Balaban J connectivity index is 2.25. The Morgan fingerprint density at radius 2 is 2.05 bits per heavy atom. The Morgan fingerprint density at radius 1 is 1.32 bits per heavy atom. The van der Waals surface area contributed by atoms with Gasteiger partial charge in [-0.1, -0.05) is 6.07 Å². The quantitative estimate of drug-likeness (QED) is 0.884. The molecule has 0 radical (unpaired) electrons. The number of aryl methyl sites for hydroxylation is 1. The van der Waals surface area contributed by atoms with Crippen LogP contribution in [0.25, 0.3) is 0 Å². The lowest BCUT2D eigenvalue weighted by atomic mass is 9.96. The predicted molar refractivity (Wildman–Crippen MR) is 74.6 cm³/mol. The van der Waals surface area contributed by atoms with Crippen LogP contribution in [0.5, 0.6) is 0 Å². The highest BCUT2D eigenvalue weighted by Gasteiger charge is 2.29. The minimum absolute atomic E-state index is 0.00741. The number of hydrogen-bond donors (Lipinski definition) is 1. The summed E-state index contributed by atoms with van der Waals surface area (Å²) in [5.74, 6) is -0.288. The summed E-state index contributed by atoms with van der Waals surface area (Å²) in [6.07, 6.45) is 0.444. The molecule has 1 fully saturated rings. The summed E-state index contributed by atoms with van der Waals surface area (Å²) in [5.41, 5.74) is 1.64.